The SMILES string of the molecule is CCCCOC(OCCCC)c1ccc(F)cc1. The summed E-state index contributed by atoms with van der Waals surface area (Å²) in [6.07, 6.45) is 3.82. The highest BCUT2D eigenvalue weighted by atomic mass is 19.1. The van der Waals surface area contributed by atoms with Crippen LogP contribution >= 0.6 is 0 Å². The molecule has 0 amide bonds. The lowest BCUT2D eigenvalue weighted by Gasteiger charge is -2.19. The van der Waals surface area contributed by atoms with Gasteiger partial charge in [-0.25, -0.2) is 4.39 Å². The van der Waals surface area contributed by atoms with E-state index in [9.17, 15) is 4.39 Å². The minimum absolute atomic E-state index is 0.236. The van der Waals surface area contributed by atoms with Gasteiger partial charge in [0.15, 0.2) is 6.29 Å². The van der Waals surface area contributed by atoms with Gasteiger partial charge in [-0.2, -0.15) is 0 Å². The third-order valence-electron chi connectivity index (χ3n) is 2.68. The molecule has 1 aromatic carbocycles. The number of rotatable bonds is 9. The molecule has 0 aliphatic heterocycles. The predicted molar refractivity (Wildman–Crippen MR) is 70.9 cm³/mol. The molecule has 0 aliphatic rings. The van der Waals surface area contributed by atoms with Crippen molar-refractivity contribution < 1.29 is 13.9 Å². The van der Waals surface area contributed by atoms with E-state index in [0.29, 0.717) is 13.2 Å². The van der Waals surface area contributed by atoms with E-state index in [0.717, 1.165) is 31.2 Å². The highest BCUT2D eigenvalue weighted by Crippen LogP contribution is 2.20. The molecular weight excluding hydrogens is 231 g/mol. The van der Waals surface area contributed by atoms with Crippen molar-refractivity contribution >= 4 is 0 Å². The molecule has 0 radical (unpaired) electrons. The van der Waals surface area contributed by atoms with E-state index in [2.05, 4.69) is 13.8 Å². The zero-order valence-electron chi connectivity index (χ0n) is 11.3. The highest BCUT2D eigenvalue weighted by Gasteiger charge is 2.12. The summed E-state index contributed by atoms with van der Waals surface area (Å²) in [5.74, 6) is -0.236. The van der Waals surface area contributed by atoms with Gasteiger partial charge in [0.2, 0.25) is 0 Å². The van der Waals surface area contributed by atoms with E-state index in [4.69, 9.17) is 9.47 Å². The molecule has 0 saturated heterocycles. The number of hydrogen-bond donors (Lipinski definition) is 0. The van der Waals surface area contributed by atoms with Gasteiger partial charge < -0.3 is 9.47 Å². The van der Waals surface area contributed by atoms with Gasteiger partial charge in [0.25, 0.3) is 0 Å². The Kier molecular flexibility index (Phi) is 7.62. The van der Waals surface area contributed by atoms with Gasteiger partial charge in [-0.1, -0.05) is 38.8 Å². The Morgan fingerprint density at radius 2 is 1.44 bits per heavy atom. The van der Waals surface area contributed by atoms with Crippen LogP contribution in [0.1, 0.15) is 51.4 Å². The zero-order chi connectivity index (χ0) is 13.2. The van der Waals surface area contributed by atoms with Crippen molar-refractivity contribution in [1.82, 2.24) is 0 Å². The van der Waals surface area contributed by atoms with Crippen molar-refractivity contribution in [3.8, 4) is 0 Å². The number of hydrogen-bond acceptors (Lipinski definition) is 2. The van der Waals surface area contributed by atoms with Gasteiger partial charge in [-0.05, 0) is 25.0 Å². The Bertz CT molecular complexity index is 301. The molecule has 2 nitrogen and oxygen atoms in total. The first-order valence-corrected chi connectivity index (χ1v) is 6.76. The Morgan fingerprint density at radius 1 is 0.944 bits per heavy atom. The summed E-state index contributed by atoms with van der Waals surface area (Å²) >= 11 is 0. The summed E-state index contributed by atoms with van der Waals surface area (Å²) in [7, 11) is 0. The first kappa shape index (κ1) is 15.1. The molecule has 1 aromatic rings. The van der Waals surface area contributed by atoms with Crippen LogP contribution in [0.4, 0.5) is 4.39 Å². The summed E-state index contributed by atoms with van der Waals surface area (Å²) in [6, 6.07) is 6.32. The summed E-state index contributed by atoms with van der Waals surface area (Å²) in [4.78, 5) is 0. The molecule has 1 rings (SSSR count). The van der Waals surface area contributed by atoms with Crippen molar-refractivity contribution in [3.05, 3.63) is 35.6 Å². The summed E-state index contributed by atoms with van der Waals surface area (Å²) in [5.41, 5.74) is 0.878. The molecule has 0 aromatic heterocycles. The van der Waals surface area contributed by atoms with Crippen molar-refractivity contribution in [2.24, 2.45) is 0 Å². The minimum Gasteiger partial charge on any atom is -0.348 e. The molecule has 3 heteroatoms. The van der Waals surface area contributed by atoms with Crippen molar-refractivity contribution in [2.45, 2.75) is 45.8 Å². The fourth-order valence-corrected chi connectivity index (χ4v) is 1.53. The van der Waals surface area contributed by atoms with Crippen molar-refractivity contribution in [1.29, 1.82) is 0 Å². The number of halogens is 1. The second kappa shape index (κ2) is 9.06. The first-order chi connectivity index (χ1) is 8.77. The van der Waals surface area contributed by atoms with E-state index in [-0.39, 0.29) is 12.1 Å². The maximum absolute atomic E-state index is 12.9. The summed E-state index contributed by atoms with van der Waals surface area (Å²) < 4.78 is 24.3. The standard InChI is InChI=1S/C15H23FO2/c1-3-5-11-17-15(18-12-6-4-2)13-7-9-14(16)10-8-13/h7-10,15H,3-6,11-12H2,1-2H3. The van der Waals surface area contributed by atoms with Crippen molar-refractivity contribution in [3.63, 3.8) is 0 Å². The van der Waals surface area contributed by atoms with Gasteiger partial charge in [0, 0.05) is 5.56 Å². The van der Waals surface area contributed by atoms with Gasteiger partial charge in [0.1, 0.15) is 5.82 Å². The molecule has 0 aliphatic carbocycles. The molecular formula is C15H23FO2. The molecule has 0 atom stereocenters. The molecule has 0 unspecified atom stereocenters. The summed E-state index contributed by atoms with van der Waals surface area (Å²) in [5, 5.41) is 0. The van der Waals surface area contributed by atoms with Crippen LogP contribution in [0, 0.1) is 5.82 Å². The maximum atomic E-state index is 12.9. The van der Waals surface area contributed by atoms with E-state index in [1.165, 1.54) is 12.1 Å². The lowest BCUT2D eigenvalue weighted by atomic mass is 10.2. The van der Waals surface area contributed by atoms with Gasteiger partial charge in [0.05, 0.1) is 13.2 Å². The van der Waals surface area contributed by atoms with Crippen LogP contribution in [-0.2, 0) is 9.47 Å². The molecule has 102 valence electrons. The first-order valence-electron chi connectivity index (χ1n) is 6.76. The van der Waals surface area contributed by atoms with Gasteiger partial charge in [-0.3, -0.25) is 0 Å². The van der Waals surface area contributed by atoms with Gasteiger partial charge >= 0.3 is 0 Å². The predicted octanol–water partition coefficient (Wildman–Crippen LogP) is 4.46. The monoisotopic (exact) mass is 254 g/mol. The molecule has 0 N–H and O–H groups in total. The average Bonchev–Trinajstić information content (AvgIpc) is 2.38. The molecule has 18 heavy (non-hydrogen) atoms. The molecule has 0 saturated carbocycles. The van der Waals surface area contributed by atoms with Crippen LogP contribution in [0.25, 0.3) is 0 Å². The molecule has 0 heterocycles. The fraction of sp³-hybridized carbons (Fsp3) is 0.600. The molecule has 0 fully saturated rings. The van der Waals surface area contributed by atoms with Crippen LogP contribution in [0.2, 0.25) is 0 Å². The van der Waals surface area contributed by atoms with Crippen molar-refractivity contribution in [2.75, 3.05) is 13.2 Å². The molecule has 0 bridgehead atoms. The van der Waals surface area contributed by atoms with E-state index in [1.54, 1.807) is 12.1 Å². The second-order valence-corrected chi connectivity index (χ2v) is 4.33. The van der Waals surface area contributed by atoms with E-state index >= 15 is 0 Å². The van der Waals surface area contributed by atoms with Crippen LogP contribution in [-0.4, -0.2) is 13.2 Å². The average molecular weight is 254 g/mol. The quantitative estimate of drug-likeness (QED) is 0.478. The largest absolute Gasteiger partial charge is 0.348 e. The fourth-order valence-electron chi connectivity index (χ4n) is 1.53. The highest BCUT2D eigenvalue weighted by molar-refractivity contribution is 5.17. The third-order valence-corrected chi connectivity index (χ3v) is 2.68. The number of ether oxygens (including phenoxy) is 2. The van der Waals surface area contributed by atoms with Crippen LogP contribution in [0.5, 0.6) is 0 Å². The van der Waals surface area contributed by atoms with Crippen LogP contribution < -0.4 is 0 Å². The number of benzene rings is 1. The normalized spacial score (nSPS) is 11.1. The zero-order valence-corrected chi connectivity index (χ0v) is 11.3. The smallest absolute Gasteiger partial charge is 0.183 e. The topological polar surface area (TPSA) is 18.5 Å². The van der Waals surface area contributed by atoms with Crippen LogP contribution in [0.3, 0.4) is 0 Å². The van der Waals surface area contributed by atoms with E-state index < -0.39 is 0 Å². The number of unbranched alkanes of at least 4 members (excludes halogenated alkanes) is 2. The van der Waals surface area contributed by atoms with Gasteiger partial charge in [-0.15, -0.1) is 0 Å². The Balaban J connectivity index is 2.54. The summed E-state index contributed by atoms with van der Waals surface area (Å²) in [6.45, 7) is 5.58. The second-order valence-electron chi connectivity index (χ2n) is 4.33. The molecule has 0 spiro atoms. The Labute approximate surface area is 109 Å². The third kappa shape index (κ3) is 5.61. The Morgan fingerprint density at radius 3 is 1.89 bits per heavy atom. The minimum atomic E-state index is -0.372. The Hall–Kier alpha value is -0.930. The van der Waals surface area contributed by atoms with E-state index in [1.807, 2.05) is 0 Å². The van der Waals surface area contributed by atoms with Crippen LogP contribution in [0.15, 0.2) is 24.3 Å². The maximum Gasteiger partial charge on any atom is 0.183 e. The lowest BCUT2D eigenvalue weighted by molar-refractivity contribution is -0.148. The lowest BCUT2D eigenvalue weighted by Crippen LogP contribution is -2.11.